The Bertz CT molecular complexity index is 599. The number of nitrogens with zero attached hydrogens (tertiary/aromatic N) is 2. The van der Waals surface area contributed by atoms with Crippen molar-refractivity contribution in [2.45, 2.75) is 18.1 Å². The smallest absolute Gasteiger partial charge is 0.332 e. The van der Waals surface area contributed by atoms with Crippen LogP contribution in [0.4, 0.5) is 10.5 Å². The summed E-state index contributed by atoms with van der Waals surface area (Å²) in [6.07, 6.45) is 0. The van der Waals surface area contributed by atoms with Crippen molar-refractivity contribution in [3.63, 3.8) is 0 Å². The molecule has 0 fully saturated rings. The van der Waals surface area contributed by atoms with Crippen molar-refractivity contribution >= 4 is 44.7 Å². The molecule has 0 bridgehead atoms. The van der Waals surface area contributed by atoms with Crippen molar-refractivity contribution in [2.75, 3.05) is 24.7 Å². The summed E-state index contributed by atoms with van der Waals surface area (Å²) in [5.41, 5.74) is 0.568. The third kappa shape index (κ3) is 2.39. The monoisotopic (exact) mass is 323 g/mol. The Morgan fingerprint density at radius 1 is 1.53 bits per heavy atom. The molecule has 0 aromatic carbocycles. The van der Waals surface area contributed by atoms with Gasteiger partial charge < -0.3 is 10.2 Å². The molecule has 1 aliphatic rings. The molecule has 0 unspecified atom stereocenters. The molecule has 0 atom stereocenters. The van der Waals surface area contributed by atoms with E-state index in [1.54, 1.807) is 17.9 Å². The number of amides is 2. The van der Waals surface area contributed by atoms with Gasteiger partial charge in [-0.2, -0.15) is 12.7 Å². The lowest BCUT2D eigenvalue weighted by molar-refractivity contribution is 0.223. The maximum absolute atomic E-state index is 12.4. The van der Waals surface area contributed by atoms with Crippen molar-refractivity contribution in [2.24, 2.45) is 0 Å². The summed E-state index contributed by atoms with van der Waals surface area (Å²) in [5, 5.41) is 2.51. The van der Waals surface area contributed by atoms with Crippen LogP contribution in [-0.4, -0.2) is 38.5 Å². The van der Waals surface area contributed by atoms with Crippen LogP contribution in [-0.2, 0) is 10.0 Å². The number of thiophene rings is 1. The Labute approximate surface area is 121 Å². The van der Waals surface area contributed by atoms with Crippen LogP contribution in [0.1, 0.15) is 13.8 Å². The van der Waals surface area contributed by atoms with Gasteiger partial charge in [-0.15, -0.1) is 11.3 Å². The van der Waals surface area contributed by atoms with Crippen LogP contribution in [0.15, 0.2) is 10.3 Å². The summed E-state index contributed by atoms with van der Waals surface area (Å²) in [6, 6.07) is 1.01. The number of carbonyl (C=O) groups excluding carboxylic acids is 1. The molecule has 0 spiro atoms. The van der Waals surface area contributed by atoms with Gasteiger partial charge >= 0.3 is 6.03 Å². The first-order chi connectivity index (χ1) is 8.91. The standard InChI is InChI=1S/C10H14ClN3O3S2/c1-3-12-10(15)14-6-13(4-2)7-5-8(11)18-9(7)19(14,16)17/h5H,3-4,6H2,1-2H3,(H,12,15). The van der Waals surface area contributed by atoms with Crippen LogP contribution in [0.2, 0.25) is 4.34 Å². The van der Waals surface area contributed by atoms with E-state index in [9.17, 15) is 13.2 Å². The molecule has 1 aromatic rings. The highest BCUT2D eigenvalue weighted by Crippen LogP contribution is 2.41. The zero-order valence-electron chi connectivity index (χ0n) is 10.5. The first kappa shape index (κ1) is 14.4. The molecule has 1 aliphatic heterocycles. The number of hydrogen-bond donors (Lipinski definition) is 1. The lowest BCUT2D eigenvalue weighted by atomic mass is 10.4. The molecule has 106 valence electrons. The molecular weight excluding hydrogens is 310 g/mol. The van der Waals surface area contributed by atoms with Gasteiger partial charge in [0.25, 0.3) is 10.0 Å². The highest BCUT2D eigenvalue weighted by Gasteiger charge is 2.39. The van der Waals surface area contributed by atoms with Gasteiger partial charge in [0.2, 0.25) is 0 Å². The Hall–Kier alpha value is -0.990. The largest absolute Gasteiger partial charge is 0.351 e. The van der Waals surface area contributed by atoms with E-state index >= 15 is 0 Å². The fraction of sp³-hybridized carbons (Fsp3) is 0.500. The quantitative estimate of drug-likeness (QED) is 0.902. The normalized spacial score (nSPS) is 17.2. The van der Waals surface area contributed by atoms with Gasteiger partial charge in [0, 0.05) is 13.1 Å². The molecule has 0 aliphatic carbocycles. The summed E-state index contributed by atoms with van der Waals surface area (Å²) in [6.45, 7) is 4.59. The van der Waals surface area contributed by atoms with Gasteiger partial charge in [-0.3, -0.25) is 0 Å². The van der Waals surface area contributed by atoms with E-state index in [1.165, 1.54) is 0 Å². The highest BCUT2D eigenvalue weighted by molar-refractivity contribution is 7.92. The van der Waals surface area contributed by atoms with Crippen molar-refractivity contribution in [1.29, 1.82) is 0 Å². The zero-order valence-corrected chi connectivity index (χ0v) is 12.9. The predicted molar refractivity (Wildman–Crippen MR) is 75.3 cm³/mol. The molecule has 2 amide bonds. The van der Waals surface area contributed by atoms with Gasteiger partial charge in [0.1, 0.15) is 6.67 Å². The van der Waals surface area contributed by atoms with Gasteiger partial charge in [-0.05, 0) is 19.9 Å². The number of carbonyl (C=O) groups is 1. The molecule has 0 saturated heterocycles. The van der Waals surface area contributed by atoms with E-state index in [0.717, 1.165) is 15.6 Å². The average Bonchev–Trinajstić information content (AvgIpc) is 2.73. The fourth-order valence-corrected chi connectivity index (χ4v) is 5.13. The Kier molecular flexibility index (Phi) is 3.93. The third-order valence-corrected chi connectivity index (χ3v) is 6.22. The number of sulfonamides is 1. The predicted octanol–water partition coefficient (Wildman–Crippen LogP) is 1.92. The van der Waals surface area contributed by atoms with E-state index in [1.807, 2.05) is 6.92 Å². The van der Waals surface area contributed by atoms with Crippen LogP contribution in [0, 0.1) is 0 Å². The summed E-state index contributed by atoms with van der Waals surface area (Å²) in [7, 11) is -3.81. The summed E-state index contributed by atoms with van der Waals surface area (Å²) in [4.78, 5) is 13.7. The minimum Gasteiger partial charge on any atom is -0.351 e. The zero-order chi connectivity index (χ0) is 14.2. The maximum Gasteiger partial charge on any atom is 0.332 e. The maximum atomic E-state index is 12.4. The summed E-state index contributed by atoms with van der Waals surface area (Å²) >= 11 is 6.87. The van der Waals surface area contributed by atoms with Gasteiger partial charge in [-0.25, -0.2) is 4.79 Å². The molecule has 1 N–H and O–H groups in total. The van der Waals surface area contributed by atoms with E-state index in [0.29, 0.717) is 23.1 Å². The topological polar surface area (TPSA) is 69.7 Å². The van der Waals surface area contributed by atoms with Crippen molar-refractivity contribution in [1.82, 2.24) is 9.62 Å². The number of rotatable bonds is 2. The summed E-state index contributed by atoms with van der Waals surface area (Å²) < 4.78 is 26.1. The first-order valence-corrected chi connectivity index (χ1v) is 8.40. The first-order valence-electron chi connectivity index (χ1n) is 5.76. The molecule has 1 aromatic heterocycles. The minimum absolute atomic E-state index is 0.00469. The van der Waals surface area contributed by atoms with E-state index < -0.39 is 16.1 Å². The number of halogens is 1. The number of nitrogens with one attached hydrogen (secondary N) is 1. The molecule has 0 radical (unpaired) electrons. The van der Waals surface area contributed by atoms with Crippen LogP contribution < -0.4 is 10.2 Å². The summed E-state index contributed by atoms with van der Waals surface area (Å²) in [5.74, 6) is 0. The number of urea groups is 1. The molecule has 9 heteroatoms. The molecule has 6 nitrogen and oxygen atoms in total. The van der Waals surface area contributed by atoms with Crippen LogP contribution in [0.3, 0.4) is 0 Å². The van der Waals surface area contributed by atoms with E-state index in [4.69, 9.17) is 11.6 Å². The Morgan fingerprint density at radius 3 is 2.79 bits per heavy atom. The number of hydrogen-bond acceptors (Lipinski definition) is 5. The average molecular weight is 324 g/mol. The second-order valence-electron chi connectivity index (χ2n) is 3.91. The third-order valence-electron chi connectivity index (χ3n) is 2.75. The number of fused-ring (bicyclic) bond motifs is 1. The molecule has 19 heavy (non-hydrogen) atoms. The van der Waals surface area contributed by atoms with E-state index in [-0.39, 0.29) is 10.9 Å². The molecule has 0 saturated carbocycles. The lowest BCUT2D eigenvalue weighted by Gasteiger charge is -2.34. The van der Waals surface area contributed by atoms with Crippen molar-refractivity contribution in [3.8, 4) is 0 Å². The van der Waals surface area contributed by atoms with Crippen molar-refractivity contribution < 1.29 is 13.2 Å². The van der Waals surface area contributed by atoms with Gasteiger partial charge in [0.05, 0.1) is 10.0 Å². The van der Waals surface area contributed by atoms with Crippen LogP contribution >= 0.6 is 22.9 Å². The fourth-order valence-electron chi connectivity index (χ4n) is 1.83. The van der Waals surface area contributed by atoms with Gasteiger partial charge in [0.15, 0.2) is 4.21 Å². The second kappa shape index (κ2) is 5.18. The van der Waals surface area contributed by atoms with Crippen LogP contribution in [0.25, 0.3) is 0 Å². The lowest BCUT2D eigenvalue weighted by Crippen LogP contribution is -2.52. The molecule has 2 heterocycles. The van der Waals surface area contributed by atoms with Crippen LogP contribution in [0.5, 0.6) is 0 Å². The minimum atomic E-state index is -3.81. The molecular formula is C10H14ClN3O3S2. The Balaban J connectivity index is 2.50. The highest BCUT2D eigenvalue weighted by atomic mass is 35.5. The number of anilines is 1. The van der Waals surface area contributed by atoms with E-state index in [2.05, 4.69) is 5.32 Å². The Morgan fingerprint density at radius 2 is 2.21 bits per heavy atom. The van der Waals surface area contributed by atoms with Crippen molar-refractivity contribution in [3.05, 3.63) is 10.4 Å². The second-order valence-corrected chi connectivity index (χ2v) is 7.65. The van der Waals surface area contributed by atoms with Gasteiger partial charge in [-0.1, -0.05) is 11.6 Å². The SMILES string of the molecule is CCNC(=O)N1CN(CC)c2cc(Cl)sc2S1(=O)=O. The molecule has 2 rings (SSSR count).